The average Bonchev–Trinajstić information content (AvgIpc) is 2.86. The Hall–Kier alpha value is -3.65. The van der Waals surface area contributed by atoms with Crippen molar-refractivity contribution in [3.05, 3.63) is 96.1 Å². The highest BCUT2D eigenvalue weighted by Gasteiger charge is 2.32. The molecule has 3 rings (SSSR count). The van der Waals surface area contributed by atoms with Crippen LogP contribution in [0.2, 0.25) is 0 Å². The summed E-state index contributed by atoms with van der Waals surface area (Å²) >= 11 is 0. The molecule has 0 saturated heterocycles. The zero-order valence-corrected chi connectivity index (χ0v) is 20.3. The molecule has 0 fully saturated rings. The third-order valence-corrected chi connectivity index (χ3v) is 7.33. The Morgan fingerprint density at radius 2 is 1.44 bits per heavy atom. The molecule has 1 N–H and O–H groups in total. The summed E-state index contributed by atoms with van der Waals surface area (Å²) in [4.78, 5) is 27.5. The minimum atomic E-state index is -4.04. The highest BCUT2D eigenvalue weighted by Crippen LogP contribution is 2.24. The van der Waals surface area contributed by atoms with E-state index < -0.39 is 28.5 Å². The second kappa shape index (κ2) is 11.0. The molecule has 0 bridgehead atoms. The van der Waals surface area contributed by atoms with E-state index in [1.807, 2.05) is 37.3 Å². The fraction of sp³-hybridized carbons (Fsp3) is 0.231. The molecule has 0 heterocycles. The number of sulfonamides is 1. The minimum absolute atomic E-state index is 0.0868. The zero-order valence-electron chi connectivity index (χ0n) is 19.5. The first-order valence-corrected chi connectivity index (χ1v) is 12.4. The summed E-state index contributed by atoms with van der Waals surface area (Å²) in [6.07, 6.45) is 0. The fourth-order valence-corrected chi connectivity index (χ4v) is 4.95. The number of nitrogens with zero attached hydrogens (tertiary/aromatic N) is 2. The molecular weight excluding hydrogens is 450 g/mol. The molecule has 0 aliphatic heterocycles. The van der Waals surface area contributed by atoms with Gasteiger partial charge in [0.25, 0.3) is 10.0 Å². The van der Waals surface area contributed by atoms with Crippen LogP contribution in [0.4, 0.5) is 5.69 Å². The summed E-state index contributed by atoms with van der Waals surface area (Å²) in [5.74, 6) is -0.823. The highest BCUT2D eigenvalue weighted by molar-refractivity contribution is 7.92. The molecule has 3 aromatic rings. The summed E-state index contributed by atoms with van der Waals surface area (Å²) in [5.41, 5.74) is 2.12. The third kappa shape index (κ3) is 5.82. The van der Waals surface area contributed by atoms with E-state index in [0.717, 1.165) is 15.4 Å². The van der Waals surface area contributed by atoms with Crippen molar-refractivity contribution in [3.8, 4) is 0 Å². The van der Waals surface area contributed by atoms with Gasteiger partial charge in [0.1, 0.15) is 12.6 Å². The molecule has 34 heavy (non-hydrogen) atoms. The van der Waals surface area contributed by atoms with Crippen LogP contribution in [0.15, 0.2) is 89.8 Å². The largest absolute Gasteiger partial charge is 0.357 e. The van der Waals surface area contributed by atoms with Gasteiger partial charge >= 0.3 is 0 Å². The van der Waals surface area contributed by atoms with Gasteiger partial charge in [-0.15, -0.1) is 0 Å². The number of hydrogen-bond acceptors (Lipinski definition) is 4. The smallest absolute Gasteiger partial charge is 0.264 e. The predicted octanol–water partition coefficient (Wildman–Crippen LogP) is 3.35. The predicted molar refractivity (Wildman–Crippen MR) is 133 cm³/mol. The number of likely N-dealkylation sites (N-methyl/N-ethyl adjacent to an activating group) is 1. The molecule has 0 unspecified atom stereocenters. The maximum absolute atomic E-state index is 13.6. The van der Waals surface area contributed by atoms with Crippen molar-refractivity contribution in [1.29, 1.82) is 0 Å². The second-order valence-electron chi connectivity index (χ2n) is 7.96. The summed E-state index contributed by atoms with van der Waals surface area (Å²) in [6, 6.07) is 23.5. The van der Waals surface area contributed by atoms with Crippen LogP contribution >= 0.6 is 0 Å². The number of carbonyl (C=O) groups excluding carboxylic acids is 2. The van der Waals surface area contributed by atoms with E-state index in [1.165, 1.54) is 24.1 Å². The number of aryl methyl sites for hydroxylation is 1. The summed E-state index contributed by atoms with van der Waals surface area (Å²) in [5, 5.41) is 2.57. The topological polar surface area (TPSA) is 86.8 Å². The monoisotopic (exact) mass is 479 g/mol. The van der Waals surface area contributed by atoms with Gasteiger partial charge in [-0.3, -0.25) is 13.9 Å². The van der Waals surface area contributed by atoms with Crippen LogP contribution < -0.4 is 9.62 Å². The van der Waals surface area contributed by atoms with E-state index in [1.54, 1.807) is 49.4 Å². The standard InChI is InChI=1S/C26H29N3O4S/c1-20-14-16-24(17-15-20)34(32,33)29(23-12-8-5-9-13-23)19-25(30)28(21(2)26(31)27-3)18-22-10-6-4-7-11-22/h4-17,21H,18-19H2,1-3H3,(H,27,31)/t21-/m0/s1. The Kier molecular flexibility index (Phi) is 8.07. The van der Waals surface area contributed by atoms with Gasteiger partial charge in [0.2, 0.25) is 11.8 Å². The fourth-order valence-electron chi connectivity index (χ4n) is 3.53. The quantitative estimate of drug-likeness (QED) is 0.510. The lowest BCUT2D eigenvalue weighted by Gasteiger charge is -2.31. The van der Waals surface area contributed by atoms with Crippen LogP contribution in [0.1, 0.15) is 18.1 Å². The van der Waals surface area contributed by atoms with Crippen molar-refractivity contribution >= 4 is 27.5 Å². The Bertz CT molecular complexity index is 1210. The lowest BCUT2D eigenvalue weighted by Crippen LogP contribution is -2.50. The van der Waals surface area contributed by atoms with Crippen LogP contribution in [-0.4, -0.2) is 44.8 Å². The maximum atomic E-state index is 13.6. The Labute approximate surface area is 201 Å². The first-order chi connectivity index (χ1) is 16.2. The Balaban J connectivity index is 1.99. The number of anilines is 1. The molecule has 0 spiro atoms. The molecule has 2 amide bonds. The van der Waals surface area contributed by atoms with Crippen molar-refractivity contribution in [2.75, 3.05) is 17.9 Å². The van der Waals surface area contributed by atoms with Gasteiger partial charge in [-0.2, -0.15) is 0 Å². The molecule has 0 aromatic heterocycles. The van der Waals surface area contributed by atoms with Gasteiger partial charge in [-0.25, -0.2) is 8.42 Å². The third-order valence-electron chi connectivity index (χ3n) is 5.54. The van der Waals surface area contributed by atoms with Gasteiger partial charge in [0.05, 0.1) is 10.6 Å². The van der Waals surface area contributed by atoms with Gasteiger partial charge in [0.15, 0.2) is 0 Å². The first-order valence-electron chi connectivity index (χ1n) is 10.9. The van der Waals surface area contributed by atoms with Gasteiger partial charge in [-0.05, 0) is 43.7 Å². The molecule has 1 atom stereocenters. The lowest BCUT2D eigenvalue weighted by atomic mass is 10.1. The van der Waals surface area contributed by atoms with Crippen molar-refractivity contribution < 1.29 is 18.0 Å². The van der Waals surface area contributed by atoms with Crippen LogP contribution in [0, 0.1) is 6.92 Å². The van der Waals surface area contributed by atoms with Crippen molar-refractivity contribution in [2.24, 2.45) is 0 Å². The van der Waals surface area contributed by atoms with Crippen LogP contribution in [-0.2, 0) is 26.2 Å². The molecule has 7 nitrogen and oxygen atoms in total. The summed E-state index contributed by atoms with van der Waals surface area (Å²) < 4.78 is 28.3. The number of para-hydroxylation sites is 1. The molecule has 178 valence electrons. The number of amides is 2. The number of carbonyl (C=O) groups is 2. The van der Waals surface area contributed by atoms with Gasteiger partial charge < -0.3 is 10.2 Å². The Morgan fingerprint density at radius 3 is 2.00 bits per heavy atom. The van der Waals surface area contributed by atoms with Crippen molar-refractivity contribution in [3.63, 3.8) is 0 Å². The zero-order chi connectivity index (χ0) is 24.7. The maximum Gasteiger partial charge on any atom is 0.264 e. The van der Waals surface area contributed by atoms with Crippen molar-refractivity contribution in [1.82, 2.24) is 10.2 Å². The van der Waals surface area contributed by atoms with E-state index in [4.69, 9.17) is 0 Å². The molecule has 0 aliphatic carbocycles. The minimum Gasteiger partial charge on any atom is -0.357 e. The molecular formula is C26H29N3O4S. The van der Waals surface area contributed by atoms with Gasteiger partial charge in [0, 0.05) is 13.6 Å². The summed E-state index contributed by atoms with van der Waals surface area (Å²) in [6.45, 7) is 3.22. The SMILES string of the molecule is CNC(=O)[C@H](C)N(Cc1ccccc1)C(=O)CN(c1ccccc1)S(=O)(=O)c1ccc(C)cc1. The number of benzene rings is 3. The molecule has 8 heteroatoms. The second-order valence-corrected chi connectivity index (χ2v) is 9.82. The molecule has 0 aliphatic rings. The van der Waals surface area contributed by atoms with Crippen LogP contribution in [0.3, 0.4) is 0 Å². The Morgan fingerprint density at radius 1 is 0.882 bits per heavy atom. The lowest BCUT2D eigenvalue weighted by molar-refractivity contribution is -0.139. The molecule has 3 aromatic carbocycles. The van der Waals surface area contributed by atoms with Gasteiger partial charge in [-0.1, -0.05) is 66.2 Å². The van der Waals surface area contributed by atoms with E-state index in [9.17, 15) is 18.0 Å². The number of hydrogen-bond donors (Lipinski definition) is 1. The molecule has 0 radical (unpaired) electrons. The summed E-state index contributed by atoms with van der Waals surface area (Å²) in [7, 11) is -2.54. The van der Waals surface area contributed by atoms with E-state index in [-0.39, 0.29) is 17.3 Å². The van der Waals surface area contributed by atoms with Crippen LogP contribution in [0.25, 0.3) is 0 Å². The van der Waals surface area contributed by atoms with E-state index in [2.05, 4.69) is 5.32 Å². The van der Waals surface area contributed by atoms with Crippen LogP contribution in [0.5, 0.6) is 0 Å². The molecule has 0 saturated carbocycles. The first kappa shape index (κ1) is 25.0. The normalized spacial score (nSPS) is 12.0. The number of rotatable bonds is 9. The van der Waals surface area contributed by atoms with E-state index >= 15 is 0 Å². The van der Waals surface area contributed by atoms with E-state index in [0.29, 0.717) is 5.69 Å². The highest BCUT2D eigenvalue weighted by atomic mass is 32.2. The average molecular weight is 480 g/mol. The van der Waals surface area contributed by atoms with Crippen molar-refractivity contribution in [2.45, 2.75) is 31.3 Å². The number of nitrogens with one attached hydrogen (secondary N) is 1.